The van der Waals surface area contributed by atoms with Gasteiger partial charge in [0.1, 0.15) is 11.5 Å². The maximum Gasteiger partial charge on any atom is 0.335 e. The average molecular weight is 567 g/mol. The highest BCUT2D eigenvalue weighted by Gasteiger charge is 2.06. The molecule has 0 fully saturated rings. The third-order valence-corrected chi connectivity index (χ3v) is 3.99. The first-order chi connectivity index (χ1) is 19.5. The molecule has 0 bridgehead atoms. The molecule has 0 amide bonds. The molecule has 0 saturated carbocycles. The Labute approximate surface area is 247 Å². The molecule has 0 aliphatic carbocycles. The maximum atomic E-state index is 11.2. The van der Waals surface area contributed by atoms with E-state index in [9.17, 15) is 9.90 Å². The molecule has 0 unspecified atom stereocenters. The average Bonchev–Trinajstić information content (AvgIpc) is 3.03. The van der Waals surface area contributed by atoms with E-state index in [1.54, 1.807) is 18.2 Å². The minimum absolute atomic E-state index is 0.125. The topological polar surface area (TPSA) is 96.2 Å². The second kappa shape index (κ2) is 60.4. The number of hydrogen-bond donors (Lipinski definition) is 3. The van der Waals surface area contributed by atoms with Crippen molar-refractivity contribution in [3.8, 4) is 11.5 Å². The highest BCUT2D eigenvalue weighted by molar-refractivity contribution is 5.83. The van der Waals surface area contributed by atoms with E-state index in [0.717, 1.165) is 37.7 Å². The molecule has 1 aromatic rings. The quantitative estimate of drug-likeness (QED) is 0.0726. The Hall–Kier alpha value is -3.19. The Morgan fingerprint density at radius 2 is 1.18 bits per heavy atom. The fourth-order valence-corrected chi connectivity index (χ4v) is 2.46. The van der Waals surface area contributed by atoms with Gasteiger partial charge in [-0.2, -0.15) is 0 Å². The summed E-state index contributed by atoms with van der Waals surface area (Å²) in [6.07, 6.45) is 10.6. The van der Waals surface area contributed by atoms with Crippen LogP contribution in [0.2, 0.25) is 0 Å². The number of carbonyl (C=O) groups excluding carboxylic acids is 1. The summed E-state index contributed by atoms with van der Waals surface area (Å²) in [6.45, 7) is 41.0. The summed E-state index contributed by atoms with van der Waals surface area (Å²) >= 11 is 0. The van der Waals surface area contributed by atoms with Crippen LogP contribution in [-0.2, 0) is 16.0 Å². The maximum absolute atomic E-state index is 11.2. The minimum atomic E-state index is -0.484. The van der Waals surface area contributed by atoms with E-state index >= 15 is 0 Å². The zero-order valence-electron chi connectivity index (χ0n) is 26.1. The van der Waals surface area contributed by atoms with Gasteiger partial charge < -0.3 is 24.8 Å². The number of aryl methyl sites for hydroxylation is 1. The van der Waals surface area contributed by atoms with Crippen LogP contribution in [0.3, 0.4) is 0 Å². The monoisotopic (exact) mass is 566 g/mol. The molecule has 0 radical (unpaired) electrons. The van der Waals surface area contributed by atoms with Gasteiger partial charge in [-0.1, -0.05) is 52.0 Å². The number of phenolic OH excluding ortho intramolecular Hbond substituents is 1. The predicted octanol–water partition coefficient (Wildman–Crippen LogP) is 8.80. The number of hydrogen-bond acceptors (Lipinski definition) is 6. The van der Waals surface area contributed by atoms with Crippen LogP contribution in [0.25, 0.3) is 0 Å². The molecule has 0 spiro atoms. The molecule has 3 N–H and O–H groups in total. The second-order valence-electron chi connectivity index (χ2n) is 6.52. The normalized spacial score (nSPS) is 7.72. The molecule has 1 aromatic carbocycles. The Kier molecular flexibility index (Phi) is 80.2. The molecule has 0 atom stereocenters. The van der Waals surface area contributed by atoms with Crippen molar-refractivity contribution in [2.45, 2.75) is 72.1 Å². The van der Waals surface area contributed by atoms with Crippen LogP contribution in [0.4, 0.5) is 0 Å². The number of aliphatic hydroxyl groups excluding tert-OH is 2. The largest absolute Gasteiger partial charge is 0.508 e. The first-order valence-electron chi connectivity index (χ1n) is 13.5. The first kappa shape index (κ1) is 53.1. The number of phenols is 1. The van der Waals surface area contributed by atoms with Gasteiger partial charge in [0.15, 0.2) is 0 Å². The van der Waals surface area contributed by atoms with Gasteiger partial charge in [0.05, 0.1) is 13.2 Å². The zero-order valence-corrected chi connectivity index (χ0v) is 26.1. The molecule has 0 aliphatic heterocycles. The third kappa shape index (κ3) is 51.5. The Morgan fingerprint density at radius 1 is 0.750 bits per heavy atom. The Bertz CT molecular complexity index is 588. The van der Waals surface area contributed by atoms with Gasteiger partial charge in [-0.25, -0.2) is 4.79 Å². The van der Waals surface area contributed by atoms with Crippen molar-refractivity contribution in [2.75, 3.05) is 26.4 Å². The zero-order chi connectivity index (χ0) is 33.0. The van der Waals surface area contributed by atoms with Gasteiger partial charge in [0, 0.05) is 19.3 Å². The molecule has 40 heavy (non-hydrogen) atoms. The van der Waals surface area contributed by atoms with Gasteiger partial charge in [-0.15, -0.1) is 65.8 Å². The van der Waals surface area contributed by atoms with Gasteiger partial charge >= 0.3 is 5.97 Å². The lowest BCUT2D eigenvalue weighted by Crippen LogP contribution is -2.03. The number of ether oxygens (including phenoxy) is 2. The second-order valence-corrected chi connectivity index (χ2v) is 6.52. The number of aromatic hydroxyl groups is 1. The molecule has 0 aliphatic rings. The lowest BCUT2D eigenvalue weighted by molar-refractivity contribution is -0.128. The van der Waals surface area contributed by atoms with Crippen LogP contribution in [-0.4, -0.2) is 47.7 Å². The summed E-state index contributed by atoms with van der Waals surface area (Å²) in [5, 5.41) is 25.1. The number of esters is 1. The SMILES string of the molecule is C=C.C=C.C=C.C=C.C=C.C=CC(=O)Oc1ccc(O)c(CCCCCCCCC)c1.CCOCC.OCCO. The van der Waals surface area contributed by atoms with Crippen molar-refractivity contribution in [1.82, 2.24) is 0 Å². The van der Waals surface area contributed by atoms with Crippen LogP contribution in [0, 0.1) is 0 Å². The van der Waals surface area contributed by atoms with Crippen molar-refractivity contribution >= 4 is 5.97 Å². The molecular weight excluding hydrogens is 504 g/mol. The molecule has 0 heterocycles. The smallest absolute Gasteiger partial charge is 0.335 e. The number of benzene rings is 1. The van der Waals surface area contributed by atoms with E-state index in [2.05, 4.69) is 79.3 Å². The fraction of sp³-hybridized carbons (Fsp3) is 0.441. The van der Waals surface area contributed by atoms with E-state index in [1.165, 1.54) is 38.5 Å². The van der Waals surface area contributed by atoms with Crippen molar-refractivity contribution in [1.29, 1.82) is 0 Å². The van der Waals surface area contributed by atoms with E-state index in [-0.39, 0.29) is 19.0 Å². The van der Waals surface area contributed by atoms with Gasteiger partial charge in [-0.05, 0) is 50.5 Å². The molecule has 1 rings (SSSR count). The first-order valence-corrected chi connectivity index (χ1v) is 13.5. The summed E-state index contributed by atoms with van der Waals surface area (Å²) < 4.78 is 9.90. The number of unbranched alkanes of at least 4 members (excludes halogenated alkanes) is 6. The van der Waals surface area contributed by atoms with Crippen molar-refractivity contribution in [2.24, 2.45) is 0 Å². The van der Waals surface area contributed by atoms with Crippen LogP contribution >= 0.6 is 0 Å². The van der Waals surface area contributed by atoms with Crippen LogP contribution in [0.15, 0.2) is 96.6 Å². The van der Waals surface area contributed by atoms with E-state index in [1.807, 2.05) is 13.8 Å². The van der Waals surface area contributed by atoms with Crippen molar-refractivity contribution in [3.05, 3.63) is 102 Å². The molecule has 6 heteroatoms. The highest BCUT2D eigenvalue weighted by Crippen LogP contribution is 2.25. The molecule has 0 saturated heterocycles. The number of rotatable bonds is 13. The summed E-state index contributed by atoms with van der Waals surface area (Å²) in [7, 11) is 0. The summed E-state index contributed by atoms with van der Waals surface area (Å²) in [6, 6.07) is 4.89. The van der Waals surface area contributed by atoms with Crippen molar-refractivity contribution < 1.29 is 29.6 Å². The Balaban J connectivity index is -0.0000000947. The van der Waals surface area contributed by atoms with E-state index < -0.39 is 5.97 Å². The number of aliphatic hydroxyl groups is 2. The minimum Gasteiger partial charge on any atom is -0.508 e. The predicted molar refractivity (Wildman–Crippen MR) is 178 cm³/mol. The van der Waals surface area contributed by atoms with Gasteiger partial charge in [0.2, 0.25) is 0 Å². The summed E-state index contributed by atoms with van der Waals surface area (Å²) in [4.78, 5) is 11.2. The third-order valence-electron chi connectivity index (χ3n) is 3.99. The van der Waals surface area contributed by atoms with Gasteiger partial charge in [0.25, 0.3) is 0 Å². The van der Waals surface area contributed by atoms with E-state index in [4.69, 9.17) is 19.7 Å². The summed E-state index contributed by atoms with van der Waals surface area (Å²) in [5.41, 5.74) is 0.831. The Morgan fingerprint density at radius 3 is 1.52 bits per heavy atom. The fourth-order valence-electron chi connectivity index (χ4n) is 2.46. The van der Waals surface area contributed by atoms with Gasteiger partial charge in [-0.3, -0.25) is 0 Å². The molecule has 6 nitrogen and oxygen atoms in total. The van der Waals surface area contributed by atoms with Crippen molar-refractivity contribution in [3.63, 3.8) is 0 Å². The molecule has 234 valence electrons. The lowest BCUT2D eigenvalue weighted by Gasteiger charge is -2.08. The standard InChI is InChI=1S/C18H26O3.C4H10O.C2H6O2.5C2H4/c1-3-5-6-7-8-9-10-11-15-14-16(12-13-17(15)19)21-18(20)4-2;1-3-5-4-2;3-1-2-4;5*1-2/h4,12-14,19H,2-3,5-11H2,1H3;3-4H2,1-2H3;3-4H,1-2H2;5*1-2H2. The lowest BCUT2D eigenvalue weighted by atomic mass is 10.0. The number of carbonyl (C=O) groups is 1. The van der Waals surface area contributed by atoms with Crippen LogP contribution in [0.1, 0.15) is 71.3 Å². The van der Waals surface area contributed by atoms with Crippen LogP contribution < -0.4 is 4.74 Å². The molecular formula is C34H62O6. The summed E-state index contributed by atoms with van der Waals surface area (Å²) in [5.74, 6) is 0.234. The highest BCUT2D eigenvalue weighted by atomic mass is 16.5. The van der Waals surface area contributed by atoms with E-state index in [0.29, 0.717) is 5.75 Å². The molecule has 0 aromatic heterocycles. The van der Waals surface area contributed by atoms with Crippen LogP contribution in [0.5, 0.6) is 11.5 Å².